The molecule has 0 aliphatic heterocycles. The Morgan fingerprint density at radius 3 is 2.39 bits per heavy atom. The normalized spacial score (nSPS) is 10.4. The van der Waals surface area contributed by atoms with Crippen LogP contribution in [0.15, 0.2) is 48.7 Å². The van der Waals surface area contributed by atoms with Gasteiger partial charge >= 0.3 is 6.09 Å². The van der Waals surface area contributed by atoms with Gasteiger partial charge in [0.15, 0.2) is 0 Å². The third kappa shape index (κ3) is 4.89. The van der Waals surface area contributed by atoms with Gasteiger partial charge in [-0.1, -0.05) is 58.0 Å². The summed E-state index contributed by atoms with van der Waals surface area (Å²) in [5, 5.41) is 4.82. The fourth-order valence-corrected chi connectivity index (χ4v) is 3.53. The number of amides is 1. The summed E-state index contributed by atoms with van der Waals surface area (Å²) >= 11 is 0. The molecule has 0 aliphatic rings. The second-order valence-corrected chi connectivity index (χ2v) is 6.83. The monoisotopic (exact) mass is 378 g/mol. The number of hydrogen-bond acceptors (Lipinski definition) is 3. The minimum atomic E-state index is -0.503. The Bertz CT molecular complexity index is 934. The molecule has 3 aromatic rings. The van der Waals surface area contributed by atoms with Crippen LogP contribution < -0.4 is 5.32 Å². The molecule has 3 rings (SSSR count). The number of carbonyl (C=O) groups is 1. The average molecular weight is 379 g/mol. The van der Waals surface area contributed by atoms with E-state index in [1.165, 1.54) is 16.7 Å². The number of nitrogens with one attached hydrogen (secondary N) is 1. The summed E-state index contributed by atoms with van der Waals surface area (Å²) in [5.41, 5.74) is 4.74. The highest BCUT2D eigenvalue weighted by molar-refractivity contribution is 6.00. The number of ether oxygens (including phenoxy) is 1. The maximum absolute atomic E-state index is 12.2. The van der Waals surface area contributed by atoms with Crippen molar-refractivity contribution in [3.05, 3.63) is 70.9 Å². The Morgan fingerprint density at radius 1 is 1.07 bits per heavy atom. The molecule has 148 valence electrons. The number of rotatable bonds is 4. The lowest BCUT2D eigenvalue weighted by atomic mass is 9.89. The zero-order valence-electron chi connectivity index (χ0n) is 17.7. The first-order valence-corrected chi connectivity index (χ1v) is 9.84. The second kappa shape index (κ2) is 9.88. The molecule has 2 aromatic carbocycles. The van der Waals surface area contributed by atoms with E-state index in [9.17, 15) is 4.79 Å². The quantitative estimate of drug-likeness (QED) is 0.546. The molecular formula is C24H30N2O2. The summed E-state index contributed by atoms with van der Waals surface area (Å²) in [6.45, 7) is 12.9. The number of fused-ring (bicyclic) bond motifs is 1. The van der Waals surface area contributed by atoms with Gasteiger partial charge in [-0.2, -0.15) is 0 Å². The van der Waals surface area contributed by atoms with Gasteiger partial charge in [-0.3, -0.25) is 5.32 Å². The van der Waals surface area contributed by atoms with Crippen LogP contribution in [-0.2, 0) is 11.3 Å². The Labute approximate surface area is 168 Å². The number of anilines is 1. The number of aryl methyl sites for hydroxylation is 2. The summed E-state index contributed by atoms with van der Waals surface area (Å²) in [4.78, 5) is 16.5. The van der Waals surface area contributed by atoms with Gasteiger partial charge in [0.1, 0.15) is 12.4 Å². The Morgan fingerprint density at radius 2 is 1.75 bits per heavy atom. The lowest BCUT2D eigenvalue weighted by molar-refractivity contribution is 0.155. The molecule has 0 saturated carbocycles. The van der Waals surface area contributed by atoms with E-state index in [0.29, 0.717) is 11.7 Å². The number of carbonyl (C=O) groups excluding carboxylic acids is 1. The highest BCUT2D eigenvalue weighted by Gasteiger charge is 2.15. The van der Waals surface area contributed by atoms with E-state index in [4.69, 9.17) is 4.74 Å². The van der Waals surface area contributed by atoms with Crippen molar-refractivity contribution in [1.29, 1.82) is 0 Å². The van der Waals surface area contributed by atoms with Gasteiger partial charge in [0.2, 0.25) is 0 Å². The predicted octanol–water partition coefficient (Wildman–Crippen LogP) is 6.75. The molecule has 1 amide bonds. The molecule has 0 bridgehead atoms. The van der Waals surface area contributed by atoms with E-state index in [2.05, 4.69) is 44.1 Å². The van der Waals surface area contributed by atoms with Crippen LogP contribution in [0.5, 0.6) is 0 Å². The molecule has 0 fully saturated rings. The molecule has 0 radical (unpaired) electrons. The van der Waals surface area contributed by atoms with E-state index in [1.807, 2.05) is 50.2 Å². The van der Waals surface area contributed by atoms with Crippen LogP contribution in [0, 0.1) is 13.8 Å². The summed E-state index contributed by atoms with van der Waals surface area (Å²) in [6, 6.07) is 13.7. The number of hydrogen-bond donors (Lipinski definition) is 1. The van der Waals surface area contributed by atoms with Crippen molar-refractivity contribution >= 4 is 22.7 Å². The molecule has 0 saturated heterocycles. The zero-order chi connectivity index (χ0) is 20.7. The van der Waals surface area contributed by atoms with E-state index in [0.717, 1.165) is 16.3 Å². The number of nitrogens with zero attached hydrogens (tertiary/aromatic N) is 1. The van der Waals surface area contributed by atoms with Crippen LogP contribution in [0.2, 0.25) is 0 Å². The van der Waals surface area contributed by atoms with Gasteiger partial charge in [-0.05, 0) is 59.5 Å². The van der Waals surface area contributed by atoms with Crippen molar-refractivity contribution in [3.8, 4) is 0 Å². The first-order valence-electron chi connectivity index (χ1n) is 9.84. The highest BCUT2D eigenvalue weighted by atomic mass is 16.5. The molecule has 0 spiro atoms. The van der Waals surface area contributed by atoms with Crippen molar-refractivity contribution < 1.29 is 9.53 Å². The van der Waals surface area contributed by atoms with Crippen LogP contribution >= 0.6 is 0 Å². The van der Waals surface area contributed by atoms with Crippen molar-refractivity contribution in [2.45, 2.75) is 54.1 Å². The van der Waals surface area contributed by atoms with Crippen LogP contribution in [-0.4, -0.2) is 11.1 Å². The van der Waals surface area contributed by atoms with Crippen molar-refractivity contribution in [2.75, 3.05) is 5.32 Å². The largest absolute Gasteiger partial charge is 0.444 e. The van der Waals surface area contributed by atoms with E-state index < -0.39 is 6.09 Å². The minimum Gasteiger partial charge on any atom is -0.444 e. The van der Waals surface area contributed by atoms with Crippen LogP contribution in [0.25, 0.3) is 10.8 Å². The van der Waals surface area contributed by atoms with Gasteiger partial charge in [0, 0.05) is 11.6 Å². The molecule has 4 nitrogen and oxygen atoms in total. The van der Waals surface area contributed by atoms with E-state index >= 15 is 0 Å². The van der Waals surface area contributed by atoms with Crippen molar-refractivity contribution in [2.24, 2.45) is 0 Å². The Balaban J connectivity index is 0.00000136. The molecular weight excluding hydrogens is 348 g/mol. The zero-order valence-corrected chi connectivity index (χ0v) is 17.7. The molecule has 1 heterocycles. The predicted molar refractivity (Wildman–Crippen MR) is 117 cm³/mol. The van der Waals surface area contributed by atoms with Gasteiger partial charge in [0.05, 0.1) is 0 Å². The molecule has 0 atom stereocenters. The minimum absolute atomic E-state index is 0.229. The topological polar surface area (TPSA) is 51.2 Å². The summed E-state index contributed by atoms with van der Waals surface area (Å²) in [7, 11) is 0. The Hall–Kier alpha value is -2.88. The third-order valence-corrected chi connectivity index (χ3v) is 4.59. The smallest absolute Gasteiger partial charge is 0.413 e. The lowest BCUT2D eigenvalue weighted by Gasteiger charge is -2.17. The summed E-state index contributed by atoms with van der Waals surface area (Å²) in [6.07, 6.45) is 1.22. The van der Waals surface area contributed by atoms with Crippen LogP contribution in [0.3, 0.4) is 0 Å². The molecule has 28 heavy (non-hydrogen) atoms. The number of aromatic nitrogens is 1. The maximum atomic E-state index is 12.2. The summed E-state index contributed by atoms with van der Waals surface area (Å²) in [5.74, 6) is 0.974. The van der Waals surface area contributed by atoms with Crippen LogP contribution in [0.1, 0.15) is 55.9 Å². The SMILES string of the molecule is CC.Cc1cc2c(NC(=O)OCc3ccccc3)nccc2c(C)c1C(C)C. The fourth-order valence-electron chi connectivity index (χ4n) is 3.53. The van der Waals surface area contributed by atoms with E-state index in [-0.39, 0.29) is 6.61 Å². The highest BCUT2D eigenvalue weighted by Crippen LogP contribution is 2.32. The maximum Gasteiger partial charge on any atom is 0.413 e. The first-order chi connectivity index (χ1) is 13.5. The van der Waals surface area contributed by atoms with Crippen molar-refractivity contribution in [1.82, 2.24) is 4.98 Å². The lowest BCUT2D eigenvalue weighted by Crippen LogP contribution is -2.15. The first kappa shape index (κ1) is 21.4. The third-order valence-electron chi connectivity index (χ3n) is 4.59. The van der Waals surface area contributed by atoms with E-state index in [1.54, 1.807) is 6.20 Å². The standard InChI is InChI=1S/C22H24N2O2.C2H6/c1-14(2)20-15(3)12-19-18(16(20)4)10-11-23-21(19)24-22(25)26-13-17-8-6-5-7-9-17;1-2/h5-12,14H,13H2,1-4H3,(H,23,24,25);1-2H3. The molecule has 1 N–H and O–H groups in total. The average Bonchev–Trinajstić information content (AvgIpc) is 2.69. The van der Waals surface area contributed by atoms with Gasteiger partial charge in [0.25, 0.3) is 0 Å². The Kier molecular flexibility index (Phi) is 7.56. The number of pyridine rings is 1. The number of benzene rings is 2. The van der Waals surface area contributed by atoms with Gasteiger partial charge < -0.3 is 4.74 Å². The second-order valence-electron chi connectivity index (χ2n) is 6.83. The van der Waals surface area contributed by atoms with Gasteiger partial charge in [-0.15, -0.1) is 0 Å². The fraction of sp³-hybridized carbons (Fsp3) is 0.333. The van der Waals surface area contributed by atoms with Gasteiger partial charge in [-0.25, -0.2) is 9.78 Å². The molecule has 4 heteroatoms. The molecule has 0 unspecified atom stereocenters. The summed E-state index contributed by atoms with van der Waals surface area (Å²) < 4.78 is 5.31. The molecule has 1 aromatic heterocycles. The van der Waals surface area contributed by atoms with Crippen molar-refractivity contribution in [3.63, 3.8) is 0 Å². The molecule has 0 aliphatic carbocycles. The van der Waals surface area contributed by atoms with Crippen LogP contribution in [0.4, 0.5) is 10.6 Å².